The van der Waals surface area contributed by atoms with Crippen LogP contribution in [0.2, 0.25) is 0 Å². The van der Waals surface area contributed by atoms with Crippen molar-refractivity contribution in [3.63, 3.8) is 0 Å². The molecule has 0 amide bonds. The van der Waals surface area contributed by atoms with Crippen LogP contribution in [0.5, 0.6) is 5.75 Å². The Morgan fingerprint density at radius 3 is 2.58 bits per heavy atom. The number of pyridine rings is 1. The zero-order valence-corrected chi connectivity index (χ0v) is 18.7. The Kier molecular flexibility index (Phi) is 6.26. The molecule has 33 heavy (non-hydrogen) atoms. The fourth-order valence-corrected chi connectivity index (χ4v) is 4.97. The first-order chi connectivity index (χ1) is 15.8. The second kappa shape index (κ2) is 9.13. The molecule has 4 rings (SSSR count). The number of benzene rings is 2. The van der Waals surface area contributed by atoms with Crippen molar-refractivity contribution in [2.75, 3.05) is 14.2 Å². The van der Waals surface area contributed by atoms with E-state index in [2.05, 4.69) is 10.3 Å². The number of rotatable bonds is 7. The number of nitrogens with one attached hydrogen (secondary N) is 1. The lowest BCUT2D eigenvalue weighted by atomic mass is 10.1. The molecule has 0 bridgehead atoms. The third kappa shape index (κ3) is 4.50. The fourth-order valence-electron chi connectivity index (χ4n) is 3.53. The molecule has 9 heteroatoms. The Balaban J connectivity index is 1.85. The van der Waals surface area contributed by atoms with Gasteiger partial charge in [-0.1, -0.05) is 12.1 Å². The van der Waals surface area contributed by atoms with Crippen LogP contribution in [0.4, 0.5) is 8.78 Å². The minimum Gasteiger partial charge on any atom is -0.495 e. The summed E-state index contributed by atoms with van der Waals surface area (Å²) in [5, 5.41) is 2.95. The van der Waals surface area contributed by atoms with Crippen LogP contribution in [0.15, 0.2) is 78.1 Å². The third-order valence-corrected chi connectivity index (χ3v) is 6.77. The maximum absolute atomic E-state index is 14.6. The molecule has 0 aliphatic heterocycles. The van der Waals surface area contributed by atoms with Crippen LogP contribution >= 0.6 is 0 Å². The predicted octanol–water partition coefficient (Wildman–Crippen LogP) is 4.46. The average molecular weight is 470 g/mol. The number of methoxy groups -OCH3 is 1. The van der Waals surface area contributed by atoms with Gasteiger partial charge in [-0.15, -0.1) is 0 Å². The van der Waals surface area contributed by atoms with E-state index >= 15 is 0 Å². The van der Waals surface area contributed by atoms with Crippen molar-refractivity contribution in [1.82, 2.24) is 14.3 Å². The maximum atomic E-state index is 14.6. The topological polar surface area (TPSA) is 73.2 Å². The Morgan fingerprint density at radius 2 is 1.85 bits per heavy atom. The van der Waals surface area contributed by atoms with Gasteiger partial charge in [-0.05, 0) is 54.6 Å². The van der Waals surface area contributed by atoms with E-state index in [1.807, 2.05) is 0 Å². The lowest BCUT2D eigenvalue weighted by Crippen LogP contribution is -2.14. The Morgan fingerprint density at radius 1 is 1.03 bits per heavy atom. The molecule has 0 saturated carbocycles. The highest BCUT2D eigenvalue weighted by Crippen LogP contribution is 2.31. The lowest BCUT2D eigenvalue weighted by Gasteiger charge is -2.13. The van der Waals surface area contributed by atoms with Gasteiger partial charge < -0.3 is 10.1 Å². The molecule has 0 radical (unpaired) electrons. The van der Waals surface area contributed by atoms with E-state index < -0.39 is 21.7 Å². The van der Waals surface area contributed by atoms with Crippen LogP contribution in [0, 0.1) is 11.6 Å². The summed E-state index contributed by atoms with van der Waals surface area (Å²) in [6, 6.07) is 12.7. The smallest absolute Gasteiger partial charge is 0.268 e. The molecule has 0 spiro atoms. The maximum Gasteiger partial charge on any atom is 0.268 e. The van der Waals surface area contributed by atoms with Gasteiger partial charge in [-0.25, -0.2) is 21.2 Å². The Labute approximate surface area is 190 Å². The zero-order valence-electron chi connectivity index (χ0n) is 17.9. The highest BCUT2D eigenvalue weighted by atomic mass is 32.2. The van der Waals surface area contributed by atoms with E-state index in [0.29, 0.717) is 29.0 Å². The van der Waals surface area contributed by atoms with Crippen molar-refractivity contribution in [2.24, 2.45) is 0 Å². The summed E-state index contributed by atoms with van der Waals surface area (Å²) in [5.41, 5.74) is 2.02. The highest BCUT2D eigenvalue weighted by Gasteiger charge is 2.24. The van der Waals surface area contributed by atoms with Crippen molar-refractivity contribution in [3.8, 4) is 28.1 Å². The van der Waals surface area contributed by atoms with Crippen LogP contribution in [0.3, 0.4) is 0 Å². The van der Waals surface area contributed by atoms with Crippen molar-refractivity contribution in [1.29, 1.82) is 0 Å². The molecule has 170 valence electrons. The monoisotopic (exact) mass is 469 g/mol. The average Bonchev–Trinajstić information content (AvgIpc) is 3.24. The van der Waals surface area contributed by atoms with E-state index in [0.717, 1.165) is 16.1 Å². The summed E-state index contributed by atoms with van der Waals surface area (Å²) in [5.74, 6) is -1.05. The number of aromatic nitrogens is 2. The minimum absolute atomic E-state index is 0.0122. The molecular formula is C24H21F2N3O3S. The molecule has 0 fully saturated rings. The summed E-state index contributed by atoms with van der Waals surface area (Å²) >= 11 is 0. The van der Waals surface area contributed by atoms with Crippen molar-refractivity contribution >= 4 is 10.0 Å². The van der Waals surface area contributed by atoms with Gasteiger partial charge in [0.25, 0.3) is 10.0 Å². The standard InChI is InChI=1S/C24H21F2N3O3S/c1-27-12-16-8-24(22-7-6-19(25)11-23(22)26)29(15-16)33(30,31)21-5-3-4-17(10-21)18-9-20(32-2)14-28-13-18/h3-11,13-15,27H,12H2,1-2H3. The molecule has 0 aliphatic carbocycles. The first-order valence-electron chi connectivity index (χ1n) is 10.00. The van der Waals surface area contributed by atoms with Gasteiger partial charge in [0.05, 0.1) is 23.9 Å². The van der Waals surface area contributed by atoms with Crippen molar-refractivity contribution < 1.29 is 21.9 Å². The van der Waals surface area contributed by atoms with Gasteiger partial charge >= 0.3 is 0 Å². The number of ether oxygens (including phenoxy) is 1. The summed E-state index contributed by atoms with van der Waals surface area (Å²) in [4.78, 5) is 4.13. The predicted molar refractivity (Wildman–Crippen MR) is 121 cm³/mol. The van der Waals surface area contributed by atoms with Crippen LogP contribution in [-0.4, -0.2) is 31.5 Å². The van der Waals surface area contributed by atoms with Crippen LogP contribution in [0.25, 0.3) is 22.4 Å². The van der Waals surface area contributed by atoms with Gasteiger partial charge in [-0.3, -0.25) is 4.98 Å². The molecule has 2 aromatic carbocycles. The van der Waals surface area contributed by atoms with Crippen molar-refractivity contribution in [3.05, 3.63) is 90.4 Å². The molecule has 1 N–H and O–H groups in total. The Hall–Kier alpha value is -3.56. The van der Waals surface area contributed by atoms with Crippen LogP contribution in [0.1, 0.15) is 5.56 Å². The first-order valence-corrected chi connectivity index (χ1v) is 11.4. The molecule has 6 nitrogen and oxygen atoms in total. The van der Waals surface area contributed by atoms with Crippen LogP contribution in [-0.2, 0) is 16.6 Å². The molecule has 0 aliphatic rings. The SMILES string of the molecule is CNCc1cc(-c2ccc(F)cc2F)n(S(=O)(=O)c2cccc(-c3cncc(OC)c3)c2)c1. The first kappa shape index (κ1) is 22.6. The molecule has 4 aromatic rings. The molecule has 0 atom stereocenters. The van der Waals surface area contributed by atoms with E-state index in [1.165, 1.54) is 31.5 Å². The fraction of sp³-hybridized carbons (Fsp3) is 0.125. The van der Waals surface area contributed by atoms with Gasteiger partial charge in [-0.2, -0.15) is 0 Å². The van der Waals surface area contributed by atoms with Crippen LogP contribution < -0.4 is 10.1 Å². The molecule has 2 heterocycles. The normalized spacial score (nSPS) is 11.5. The molecule has 0 saturated heterocycles. The second-order valence-electron chi connectivity index (χ2n) is 7.33. The molecule has 2 aromatic heterocycles. The number of nitrogens with zero attached hydrogens (tertiary/aromatic N) is 2. The number of hydrogen-bond donors (Lipinski definition) is 1. The van der Waals surface area contributed by atoms with E-state index in [1.54, 1.807) is 43.7 Å². The summed E-state index contributed by atoms with van der Waals surface area (Å²) in [7, 11) is -0.873. The summed E-state index contributed by atoms with van der Waals surface area (Å²) in [6.07, 6.45) is 4.59. The number of hydrogen-bond acceptors (Lipinski definition) is 5. The largest absolute Gasteiger partial charge is 0.495 e. The van der Waals surface area contributed by atoms with Gasteiger partial charge in [0, 0.05) is 36.1 Å². The molecule has 0 unspecified atom stereocenters. The van der Waals surface area contributed by atoms with Gasteiger partial charge in [0.2, 0.25) is 0 Å². The second-order valence-corrected chi connectivity index (χ2v) is 9.15. The van der Waals surface area contributed by atoms with E-state index in [9.17, 15) is 17.2 Å². The number of halogens is 2. The zero-order chi connectivity index (χ0) is 23.6. The van der Waals surface area contributed by atoms with Gasteiger partial charge in [0.1, 0.15) is 17.4 Å². The molecular weight excluding hydrogens is 448 g/mol. The van der Waals surface area contributed by atoms with E-state index in [4.69, 9.17) is 4.74 Å². The third-order valence-electron chi connectivity index (χ3n) is 5.10. The summed E-state index contributed by atoms with van der Waals surface area (Å²) < 4.78 is 61.5. The lowest BCUT2D eigenvalue weighted by molar-refractivity contribution is 0.413. The quantitative estimate of drug-likeness (QED) is 0.433. The van der Waals surface area contributed by atoms with Gasteiger partial charge in [0.15, 0.2) is 0 Å². The highest BCUT2D eigenvalue weighted by molar-refractivity contribution is 7.90. The minimum atomic E-state index is -4.11. The Bertz CT molecular complexity index is 1420. The van der Waals surface area contributed by atoms with Crippen molar-refractivity contribution in [2.45, 2.75) is 11.4 Å². The summed E-state index contributed by atoms with van der Waals surface area (Å²) in [6.45, 7) is 0.369. The van der Waals surface area contributed by atoms with E-state index in [-0.39, 0.29) is 16.2 Å².